The number of sulfonamides is 1. The predicted octanol–water partition coefficient (Wildman–Crippen LogP) is 2.90. The lowest BCUT2D eigenvalue weighted by Crippen LogP contribution is -2.36. The number of fused-ring (bicyclic) bond motifs is 1. The number of hydrogen-bond acceptors (Lipinski definition) is 3. The van der Waals surface area contributed by atoms with E-state index in [1.165, 1.54) is 6.07 Å². The topological polar surface area (TPSA) is 55.4 Å². The Morgan fingerprint density at radius 2 is 1.96 bits per heavy atom. The van der Waals surface area contributed by atoms with Crippen LogP contribution in [0.4, 0.5) is 4.39 Å². The van der Waals surface area contributed by atoms with Crippen LogP contribution in [-0.4, -0.2) is 21.1 Å². The summed E-state index contributed by atoms with van der Waals surface area (Å²) in [4.78, 5) is -0.0693. The summed E-state index contributed by atoms with van der Waals surface area (Å²) >= 11 is 5.63. The summed E-state index contributed by atoms with van der Waals surface area (Å²) in [5, 5.41) is -0.226. The van der Waals surface area contributed by atoms with Gasteiger partial charge in [-0.05, 0) is 29.3 Å². The minimum absolute atomic E-state index is 0.0693. The minimum Gasteiger partial charge on any atom is -0.372 e. The molecular weight excluding hydrogens is 341 g/mol. The predicted molar refractivity (Wildman–Crippen MR) is 85.3 cm³/mol. The van der Waals surface area contributed by atoms with E-state index >= 15 is 0 Å². The van der Waals surface area contributed by atoms with Crippen molar-refractivity contribution in [1.29, 1.82) is 0 Å². The number of hydrogen-bond donors (Lipinski definition) is 1. The lowest BCUT2D eigenvalue weighted by atomic mass is 9.99. The lowest BCUT2D eigenvalue weighted by Gasteiger charge is -2.25. The maximum absolute atomic E-state index is 13.1. The van der Waals surface area contributed by atoms with Gasteiger partial charge in [0.05, 0.1) is 22.6 Å². The molecule has 1 N–H and O–H groups in total. The van der Waals surface area contributed by atoms with Crippen molar-refractivity contribution in [3.8, 4) is 0 Å². The van der Waals surface area contributed by atoms with Crippen molar-refractivity contribution in [2.24, 2.45) is 0 Å². The molecule has 0 saturated carbocycles. The number of ether oxygens (including phenoxy) is 1. The fraction of sp³-hybridized carbons (Fsp3) is 0.250. The Bertz CT molecular complexity index is 826. The first-order chi connectivity index (χ1) is 11.0. The van der Waals surface area contributed by atoms with Gasteiger partial charge in [-0.15, -0.1) is 0 Å². The smallest absolute Gasteiger partial charge is 0.240 e. The van der Waals surface area contributed by atoms with Crippen LogP contribution in [-0.2, 0) is 27.8 Å². The second-order valence-corrected chi connectivity index (χ2v) is 7.51. The largest absolute Gasteiger partial charge is 0.372 e. The summed E-state index contributed by atoms with van der Waals surface area (Å²) in [5.74, 6) is -0.655. The van der Waals surface area contributed by atoms with Crippen LogP contribution in [0.5, 0.6) is 0 Å². The van der Waals surface area contributed by atoms with Crippen molar-refractivity contribution < 1.29 is 17.5 Å². The molecule has 0 aromatic heterocycles. The van der Waals surface area contributed by atoms with Gasteiger partial charge in [0.25, 0.3) is 0 Å². The van der Waals surface area contributed by atoms with Gasteiger partial charge in [0.2, 0.25) is 10.0 Å². The highest BCUT2D eigenvalue weighted by molar-refractivity contribution is 7.89. The number of rotatable bonds is 4. The van der Waals surface area contributed by atoms with E-state index in [1.807, 2.05) is 24.3 Å². The summed E-state index contributed by atoms with van der Waals surface area (Å²) in [7, 11) is -3.76. The Balaban J connectivity index is 1.67. The number of halogens is 2. The van der Waals surface area contributed by atoms with Gasteiger partial charge in [0.1, 0.15) is 5.82 Å². The van der Waals surface area contributed by atoms with E-state index in [1.54, 1.807) is 0 Å². The highest BCUT2D eigenvalue weighted by Gasteiger charge is 2.22. The SMILES string of the molecule is O=S(=O)(NCC1Cc2ccccc2CO1)c1ccc(F)c(Cl)c1. The zero-order chi connectivity index (χ0) is 16.4. The summed E-state index contributed by atoms with van der Waals surface area (Å²) in [6, 6.07) is 11.2. The Kier molecular flexibility index (Phi) is 4.68. The van der Waals surface area contributed by atoms with Gasteiger partial charge in [0, 0.05) is 13.0 Å². The first kappa shape index (κ1) is 16.4. The molecule has 122 valence electrons. The van der Waals surface area contributed by atoms with Crippen LogP contribution in [0.15, 0.2) is 47.4 Å². The Hall–Kier alpha value is -1.47. The van der Waals surface area contributed by atoms with Crippen LogP contribution in [0.2, 0.25) is 5.02 Å². The summed E-state index contributed by atoms with van der Waals surface area (Å²) < 4.78 is 45.8. The fourth-order valence-electron chi connectivity index (χ4n) is 2.47. The van der Waals surface area contributed by atoms with Crippen molar-refractivity contribution in [3.63, 3.8) is 0 Å². The molecule has 1 unspecified atom stereocenters. The molecule has 0 radical (unpaired) electrons. The van der Waals surface area contributed by atoms with Crippen LogP contribution in [0, 0.1) is 5.82 Å². The van der Waals surface area contributed by atoms with Gasteiger partial charge >= 0.3 is 0 Å². The molecule has 2 aromatic carbocycles. The van der Waals surface area contributed by atoms with Gasteiger partial charge in [-0.1, -0.05) is 35.9 Å². The van der Waals surface area contributed by atoms with Gasteiger partial charge in [-0.25, -0.2) is 17.5 Å². The molecule has 0 bridgehead atoms. The van der Waals surface area contributed by atoms with Gasteiger partial charge in [0.15, 0.2) is 0 Å². The molecule has 0 fully saturated rings. The molecule has 0 amide bonds. The quantitative estimate of drug-likeness (QED) is 0.917. The lowest BCUT2D eigenvalue weighted by molar-refractivity contribution is 0.0322. The van der Waals surface area contributed by atoms with Crippen LogP contribution in [0.1, 0.15) is 11.1 Å². The van der Waals surface area contributed by atoms with E-state index in [0.29, 0.717) is 13.0 Å². The summed E-state index contributed by atoms with van der Waals surface area (Å²) in [6.45, 7) is 0.608. The van der Waals surface area contributed by atoms with Crippen molar-refractivity contribution in [2.45, 2.75) is 24.0 Å². The second kappa shape index (κ2) is 6.57. The van der Waals surface area contributed by atoms with Crippen LogP contribution in [0.25, 0.3) is 0 Å². The van der Waals surface area contributed by atoms with Crippen molar-refractivity contribution in [2.75, 3.05) is 6.54 Å². The minimum atomic E-state index is -3.76. The third kappa shape index (κ3) is 3.72. The molecule has 1 heterocycles. The maximum Gasteiger partial charge on any atom is 0.240 e. The van der Waals surface area contributed by atoms with Crippen molar-refractivity contribution >= 4 is 21.6 Å². The highest BCUT2D eigenvalue weighted by Crippen LogP contribution is 2.21. The zero-order valence-electron chi connectivity index (χ0n) is 12.1. The standard InChI is InChI=1S/C16H15ClFNO3S/c17-15-8-14(5-6-16(15)18)23(20,21)19-9-13-7-11-3-1-2-4-12(11)10-22-13/h1-6,8,13,19H,7,9-10H2. The fourth-order valence-corrected chi connectivity index (χ4v) is 3.81. The third-order valence-electron chi connectivity index (χ3n) is 3.74. The normalized spacial score (nSPS) is 17.7. The van der Waals surface area contributed by atoms with E-state index < -0.39 is 15.8 Å². The molecule has 3 rings (SSSR count). The number of nitrogens with one attached hydrogen (secondary N) is 1. The molecule has 1 aliphatic heterocycles. The molecule has 23 heavy (non-hydrogen) atoms. The highest BCUT2D eigenvalue weighted by atomic mass is 35.5. The molecular formula is C16H15ClFNO3S. The second-order valence-electron chi connectivity index (χ2n) is 5.33. The zero-order valence-corrected chi connectivity index (χ0v) is 13.7. The first-order valence-corrected chi connectivity index (χ1v) is 8.95. The Morgan fingerprint density at radius 1 is 1.22 bits per heavy atom. The van der Waals surface area contributed by atoms with Gasteiger partial charge < -0.3 is 4.74 Å². The molecule has 2 aromatic rings. The van der Waals surface area contributed by atoms with Crippen LogP contribution >= 0.6 is 11.6 Å². The van der Waals surface area contributed by atoms with E-state index in [0.717, 1.165) is 23.3 Å². The van der Waals surface area contributed by atoms with Crippen LogP contribution < -0.4 is 4.72 Å². The molecule has 1 atom stereocenters. The van der Waals surface area contributed by atoms with Gasteiger partial charge in [-0.2, -0.15) is 0 Å². The average molecular weight is 356 g/mol. The number of benzene rings is 2. The third-order valence-corrected chi connectivity index (χ3v) is 5.45. The first-order valence-electron chi connectivity index (χ1n) is 7.09. The Labute approximate surface area is 139 Å². The molecule has 4 nitrogen and oxygen atoms in total. The average Bonchev–Trinajstić information content (AvgIpc) is 2.55. The van der Waals surface area contributed by atoms with Crippen LogP contribution in [0.3, 0.4) is 0 Å². The molecule has 7 heteroatoms. The summed E-state index contributed by atoms with van der Waals surface area (Å²) in [6.07, 6.45) is 0.402. The maximum atomic E-state index is 13.1. The van der Waals surface area contributed by atoms with Crippen molar-refractivity contribution in [1.82, 2.24) is 4.72 Å². The molecule has 1 aliphatic rings. The van der Waals surface area contributed by atoms with E-state index in [4.69, 9.17) is 16.3 Å². The summed E-state index contributed by atoms with van der Waals surface area (Å²) in [5.41, 5.74) is 2.28. The molecule has 0 aliphatic carbocycles. The van der Waals surface area contributed by atoms with Gasteiger partial charge in [-0.3, -0.25) is 0 Å². The Morgan fingerprint density at radius 3 is 2.70 bits per heavy atom. The molecule has 0 saturated heterocycles. The monoisotopic (exact) mass is 355 g/mol. The van der Waals surface area contributed by atoms with E-state index in [9.17, 15) is 12.8 Å². The molecule has 0 spiro atoms. The van der Waals surface area contributed by atoms with E-state index in [-0.39, 0.29) is 22.6 Å². The van der Waals surface area contributed by atoms with Crippen molar-refractivity contribution in [3.05, 3.63) is 64.4 Å². The van der Waals surface area contributed by atoms with E-state index in [2.05, 4.69) is 4.72 Å².